The number of nitrogens with one attached hydrogen (secondary N) is 1. The Kier molecular flexibility index (Phi) is 4.54. The lowest BCUT2D eigenvalue weighted by molar-refractivity contribution is 0.627. The van der Waals surface area contributed by atoms with Crippen molar-refractivity contribution >= 4 is 44.8 Å². The summed E-state index contributed by atoms with van der Waals surface area (Å²) in [6.07, 6.45) is 1.79. The van der Waals surface area contributed by atoms with E-state index in [4.69, 9.17) is 23.2 Å². The van der Waals surface area contributed by atoms with Crippen LogP contribution in [-0.2, 0) is 13.1 Å². The van der Waals surface area contributed by atoms with Crippen molar-refractivity contribution in [3.05, 3.63) is 44.6 Å². The van der Waals surface area contributed by atoms with Crippen LogP contribution in [0.2, 0.25) is 10.0 Å². The smallest absolute Gasteiger partial charge is 0.0835 e. The van der Waals surface area contributed by atoms with Crippen LogP contribution in [0.15, 0.2) is 28.9 Å². The second-order valence-corrected chi connectivity index (χ2v) is 5.33. The van der Waals surface area contributed by atoms with Gasteiger partial charge in [-0.15, -0.1) is 0 Å². The summed E-state index contributed by atoms with van der Waals surface area (Å²) in [7, 11) is 0. The summed E-state index contributed by atoms with van der Waals surface area (Å²) in [6.45, 7) is 3.56. The second-order valence-electron chi connectivity index (χ2n) is 3.71. The Morgan fingerprint density at radius 3 is 2.78 bits per heavy atom. The number of benzene rings is 1. The summed E-state index contributed by atoms with van der Waals surface area (Å²) in [5, 5.41) is 8.51. The standard InChI is InChI=1S/C12H12BrCl2N3/c1-2-18-8(5-6-17-18)7-16-10-4-3-9(13)11(14)12(10)15/h3-6,16H,2,7H2,1H3. The Bertz CT molecular complexity index is 554. The molecule has 96 valence electrons. The number of hydrogen-bond acceptors (Lipinski definition) is 2. The topological polar surface area (TPSA) is 29.9 Å². The molecule has 0 radical (unpaired) electrons. The van der Waals surface area contributed by atoms with Crippen molar-refractivity contribution in [1.29, 1.82) is 0 Å². The summed E-state index contributed by atoms with van der Waals surface area (Å²) < 4.78 is 2.72. The van der Waals surface area contributed by atoms with Crippen LogP contribution < -0.4 is 5.32 Å². The molecule has 0 aliphatic rings. The molecule has 1 aromatic carbocycles. The van der Waals surface area contributed by atoms with Gasteiger partial charge in [0, 0.05) is 17.2 Å². The molecule has 1 N–H and O–H groups in total. The van der Waals surface area contributed by atoms with E-state index in [2.05, 4.69) is 33.3 Å². The predicted molar refractivity (Wildman–Crippen MR) is 79.4 cm³/mol. The maximum atomic E-state index is 6.17. The molecule has 2 rings (SSSR count). The van der Waals surface area contributed by atoms with Crippen LogP contribution in [0.5, 0.6) is 0 Å². The first-order valence-corrected chi connectivity index (χ1v) is 7.06. The minimum atomic E-state index is 0.519. The van der Waals surface area contributed by atoms with E-state index >= 15 is 0 Å². The largest absolute Gasteiger partial charge is 0.378 e. The molecule has 0 fully saturated rings. The van der Waals surface area contributed by atoms with Crippen molar-refractivity contribution in [3.63, 3.8) is 0 Å². The average Bonchev–Trinajstić information content (AvgIpc) is 2.82. The van der Waals surface area contributed by atoms with E-state index in [1.165, 1.54) is 0 Å². The Labute approximate surface area is 124 Å². The molecule has 0 amide bonds. The lowest BCUT2D eigenvalue weighted by atomic mass is 10.3. The third kappa shape index (κ3) is 2.82. The minimum Gasteiger partial charge on any atom is -0.378 e. The SMILES string of the molecule is CCn1nccc1CNc1ccc(Br)c(Cl)c1Cl. The van der Waals surface area contributed by atoms with E-state index in [0.717, 1.165) is 22.4 Å². The molecule has 1 heterocycles. The van der Waals surface area contributed by atoms with Crippen LogP contribution in [0.25, 0.3) is 0 Å². The monoisotopic (exact) mass is 347 g/mol. The van der Waals surface area contributed by atoms with E-state index in [0.29, 0.717) is 16.6 Å². The highest BCUT2D eigenvalue weighted by molar-refractivity contribution is 9.10. The first-order chi connectivity index (χ1) is 8.63. The molecule has 1 aromatic heterocycles. The zero-order chi connectivity index (χ0) is 13.1. The Hall–Kier alpha value is -0.710. The van der Waals surface area contributed by atoms with Gasteiger partial charge in [0.25, 0.3) is 0 Å². The van der Waals surface area contributed by atoms with E-state index in [1.807, 2.05) is 22.9 Å². The van der Waals surface area contributed by atoms with Gasteiger partial charge >= 0.3 is 0 Å². The van der Waals surface area contributed by atoms with E-state index in [9.17, 15) is 0 Å². The number of aryl methyl sites for hydroxylation is 1. The quantitative estimate of drug-likeness (QED) is 0.819. The van der Waals surface area contributed by atoms with Crippen molar-refractivity contribution in [2.75, 3.05) is 5.32 Å². The Morgan fingerprint density at radius 2 is 2.06 bits per heavy atom. The van der Waals surface area contributed by atoms with Crippen molar-refractivity contribution in [2.24, 2.45) is 0 Å². The van der Waals surface area contributed by atoms with Crippen LogP contribution in [0, 0.1) is 0 Å². The van der Waals surface area contributed by atoms with Crippen LogP contribution in [0.4, 0.5) is 5.69 Å². The summed E-state index contributed by atoms with van der Waals surface area (Å²) in [5.41, 5.74) is 1.92. The first kappa shape index (κ1) is 13.7. The van der Waals surface area contributed by atoms with Crippen molar-refractivity contribution in [1.82, 2.24) is 9.78 Å². The molecule has 3 nitrogen and oxygen atoms in total. The van der Waals surface area contributed by atoms with Crippen LogP contribution in [0.1, 0.15) is 12.6 Å². The number of hydrogen-bond donors (Lipinski definition) is 1. The van der Waals surface area contributed by atoms with Gasteiger partial charge in [0.15, 0.2) is 0 Å². The summed E-state index contributed by atoms with van der Waals surface area (Å²) in [4.78, 5) is 0. The summed E-state index contributed by atoms with van der Waals surface area (Å²) in [5.74, 6) is 0. The van der Waals surface area contributed by atoms with Crippen molar-refractivity contribution in [2.45, 2.75) is 20.0 Å². The van der Waals surface area contributed by atoms with Gasteiger partial charge < -0.3 is 5.32 Å². The molecule has 0 unspecified atom stereocenters. The highest BCUT2D eigenvalue weighted by Gasteiger charge is 2.08. The fourth-order valence-electron chi connectivity index (χ4n) is 1.64. The van der Waals surface area contributed by atoms with Crippen LogP contribution in [-0.4, -0.2) is 9.78 Å². The molecule has 0 saturated carbocycles. The molecular formula is C12H12BrCl2N3. The van der Waals surface area contributed by atoms with Crippen molar-refractivity contribution in [3.8, 4) is 0 Å². The molecule has 2 aromatic rings. The molecule has 6 heteroatoms. The molecule has 18 heavy (non-hydrogen) atoms. The summed E-state index contributed by atoms with van der Waals surface area (Å²) >= 11 is 15.6. The molecule has 0 saturated heterocycles. The Balaban J connectivity index is 2.14. The first-order valence-electron chi connectivity index (χ1n) is 5.51. The minimum absolute atomic E-state index is 0.519. The van der Waals surface area contributed by atoms with Gasteiger partial charge in [-0.2, -0.15) is 5.10 Å². The molecule has 0 bridgehead atoms. The lowest BCUT2D eigenvalue weighted by Gasteiger charge is -2.11. The highest BCUT2D eigenvalue weighted by Crippen LogP contribution is 2.35. The summed E-state index contributed by atoms with van der Waals surface area (Å²) in [6, 6.07) is 5.74. The maximum Gasteiger partial charge on any atom is 0.0835 e. The van der Waals surface area contributed by atoms with Crippen LogP contribution in [0.3, 0.4) is 0 Å². The van der Waals surface area contributed by atoms with Gasteiger partial charge in [0.05, 0.1) is 28.0 Å². The van der Waals surface area contributed by atoms with Gasteiger partial charge in [0.1, 0.15) is 0 Å². The van der Waals surface area contributed by atoms with Crippen LogP contribution >= 0.6 is 39.1 Å². The zero-order valence-electron chi connectivity index (χ0n) is 9.75. The number of halogens is 3. The molecule has 0 aliphatic carbocycles. The predicted octanol–water partition coefficient (Wildman–Crippen LogP) is 4.58. The third-order valence-electron chi connectivity index (χ3n) is 2.60. The Morgan fingerprint density at radius 1 is 1.28 bits per heavy atom. The lowest BCUT2D eigenvalue weighted by Crippen LogP contribution is -2.08. The van der Waals surface area contributed by atoms with Gasteiger partial charge in [0.2, 0.25) is 0 Å². The highest BCUT2D eigenvalue weighted by atomic mass is 79.9. The van der Waals surface area contributed by atoms with Gasteiger partial charge in [-0.1, -0.05) is 23.2 Å². The number of anilines is 1. The number of nitrogens with zero attached hydrogens (tertiary/aromatic N) is 2. The number of aromatic nitrogens is 2. The normalized spacial score (nSPS) is 10.7. The maximum absolute atomic E-state index is 6.17. The molecule has 0 spiro atoms. The third-order valence-corrected chi connectivity index (χ3v) is 4.37. The average molecular weight is 349 g/mol. The van der Waals surface area contributed by atoms with E-state index in [1.54, 1.807) is 6.20 Å². The van der Waals surface area contributed by atoms with E-state index in [-0.39, 0.29) is 0 Å². The van der Waals surface area contributed by atoms with Gasteiger partial charge in [-0.25, -0.2) is 0 Å². The van der Waals surface area contributed by atoms with Gasteiger partial charge in [-0.3, -0.25) is 4.68 Å². The zero-order valence-corrected chi connectivity index (χ0v) is 12.8. The second kappa shape index (κ2) is 5.95. The van der Waals surface area contributed by atoms with Crippen molar-refractivity contribution < 1.29 is 0 Å². The molecule has 0 atom stereocenters. The number of rotatable bonds is 4. The molecule has 0 aliphatic heterocycles. The fraction of sp³-hybridized carbons (Fsp3) is 0.250. The fourth-order valence-corrected chi connectivity index (χ4v) is 2.48. The van der Waals surface area contributed by atoms with E-state index < -0.39 is 0 Å². The molecular weight excluding hydrogens is 337 g/mol. The van der Waals surface area contributed by atoms with Gasteiger partial charge in [-0.05, 0) is 41.1 Å².